The van der Waals surface area contributed by atoms with Gasteiger partial charge in [0.25, 0.3) is 0 Å². The first kappa shape index (κ1) is 14.2. The van der Waals surface area contributed by atoms with Crippen molar-refractivity contribution in [1.29, 1.82) is 0 Å². The van der Waals surface area contributed by atoms with E-state index < -0.39 is 11.0 Å². The van der Waals surface area contributed by atoms with E-state index in [-0.39, 0.29) is 12.2 Å². The molecule has 7 nitrogen and oxygen atoms in total. The number of aliphatic hydroxyl groups excluding tert-OH is 1. The monoisotopic (exact) mass is 314 g/mol. The van der Waals surface area contributed by atoms with E-state index in [9.17, 15) is 15.2 Å². The number of aromatic nitrogens is 2. The first-order valence-electron chi connectivity index (χ1n) is 7.77. The third-order valence-corrected chi connectivity index (χ3v) is 4.82. The van der Waals surface area contributed by atoms with E-state index in [1.54, 1.807) is 0 Å². The van der Waals surface area contributed by atoms with Crippen LogP contribution in [0.4, 0.5) is 11.4 Å². The van der Waals surface area contributed by atoms with E-state index in [4.69, 9.17) is 0 Å². The molecule has 0 radical (unpaired) electrons. The van der Waals surface area contributed by atoms with Crippen molar-refractivity contribution >= 4 is 11.4 Å². The lowest BCUT2D eigenvalue weighted by atomic mass is 9.99. The number of hydrogen-bond donors (Lipinski definition) is 1. The zero-order chi connectivity index (χ0) is 16.0. The van der Waals surface area contributed by atoms with E-state index >= 15 is 0 Å². The molecule has 120 valence electrons. The van der Waals surface area contributed by atoms with Crippen molar-refractivity contribution < 1.29 is 10.0 Å². The Morgan fingerprint density at radius 1 is 1.35 bits per heavy atom. The lowest BCUT2D eigenvalue weighted by molar-refractivity contribution is -0.385. The highest BCUT2D eigenvalue weighted by atomic mass is 16.6. The van der Waals surface area contributed by atoms with Crippen molar-refractivity contribution in [1.82, 2.24) is 9.78 Å². The molecule has 1 aromatic heterocycles. The fraction of sp³-hybridized carbons (Fsp3) is 0.438. The number of benzene rings is 1. The zero-order valence-electron chi connectivity index (χ0n) is 12.6. The summed E-state index contributed by atoms with van der Waals surface area (Å²) in [6.07, 6.45) is 4.35. The largest absolute Gasteiger partial charge is 0.389 e. The fourth-order valence-electron chi connectivity index (χ4n) is 3.55. The second-order valence-corrected chi connectivity index (χ2v) is 6.51. The first-order chi connectivity index (χ1) is 11.1. The van der Waals surface area contributed by atoms with Crippen LogP contribution in [0.25, 0.3) is 0 Å². The van der Waals surface area contributed by atoms with Gasteiger partial charge < -0.3 is 10.0 Å². The molecule has 2 aromatic rings. The van der Waals surface area contributed by atoms with Crippen molar-refractivity contribution in [2.45, 2.75) is 30.9 Å². The number of β-amino-alcohol motifs (C(OH)–C–C–N with tert-alkyl or cyclic N) is 1. The molecule has 0 saturated heterocycles. The molecule has 23 heavy (non-hydrogen) atoms. The third-order valence-electron chi connectivity index (χ3n) is 4.82. The van der Waals surface area contributed by atoms with Gasteiger partial charge in [0, 0.05) is 24.2 Å². The standard InChI is InChI=1S/C16H18N4O3/c21-13(10-19-8-12(7-17-19)20(22)23)9-18-11-16(5-6-16)14-3-1-2-4-15(14)18/h1-4,7-8,13,21H,5-6,9-11H2/t13-/m0/s1. The molecule has 7 heteroatoms. The highest BCUT2D eigenvalue weighted by Crippen LogP contribution is 2.56. The molecule has 0 unspecified atom stereocenters. The maximum Gasteiger partial charge on any atom is 0.306 e. The summed E-state index contributed by atoms with van der Waals surface area (Å²) < 4.78 is 1.43. The van der Waals surface area contributed by atoms with E-state index in [2.05, 4.69) is 28.2 Å². The Morgan fingerprint density at radius 3 is 2.83 bits per heavy atom. The van der Waals surface area contributed by atoms with Crippen molar-refractivity contribution in [3.05, 3.63) is 52.3 Å². The highest BCUT2D eigenvalue weighted by molar-refractivity contribution is 5.64. The van der Waals surface area contributed by atoms with E-state index in [0.717, 1.165) is 6.54 Å². The van der Waals surface area contributed by atoms with E-state index in [0.29, 0.717) is 12.0 Å². The van der Waals surface area contributed by atoms with Gasteiger partial charge in [0.15, 0.2) is 0 Å². The summed E-state index contributed by atoms with van der Waals surface area (Å²) in [6.45, 7) is 1.70. The smallest absolute Gasteiger partial charge is 0.306 e. The van der Waals surface area contributed by atoms with Gasteiger partial charge in [-0.1, -0.05) is 18.2 Å². The average Bonchev–Trinajstić information content (AvgIpc) is 3.03. The normalized spacial score (nSPS) is 18.9. The minimum Gasteiger partial charge on any atom is -0.389 e. The number of para-hydroxylation sites is 1. The molecule has 1 spiro atoms. The van der Waals surface area contributed by atoms with Crippen molar-refractivity contribution in [2.24, 2.45) is 0 Å². The average molecular weight is 314 g/mol. The molecule has 2 aliphatic rings. The number of hydrogen-bond acceptors (Lipinski definition) is 5. The molecule has 1 N–H and O–H groups in total. The Balaban J connectivity index is 1.45. The summed E-state index contributed by atoms with van der Waals surface area (Å²) in [6, 6.07) is 8.39. The SMILES string of the molecule is O=[N+]([O-])c1cnn(C[C@@H](O)CN2CC3(CC3)c3ccccc32)c1. The number of nitro groups is 1. The maximum absolute atomic E-state index is 10.7. The van der Waals surface area contributed by atoms with Crippen LogP contribution in [0, 0.1) is 10.1 Å². The Morgan fingerprint density at radius 2 is 2.13 bits per heavy atom. The van der Waals surface area contributed by atoms with Gasteiger partial charge in [0.05, 0.1) is 17.6 Å². The van der Waals surface area contributed by atoms with Crippen LogP contribution in [-0.2, 0) is 12.0 Å². The molecule has 4 rings (SSSR count). The Labute approximate surface area is 133 Å². The first-order valence-corrected chi connectivity index (χ1v) is 7.77. The number of fused-ring (bicyclic) bond motifs is 2. The highest BCUT2D eigenvalue weighted by Gasteiger charge is 2.51. The molecule has 1 fully saturated rings. The van der Waals surface area contributed by atoms with Gasteiger partial charge in [-0.2, -0.15) is 5.10 Å². The second-order valence-electron chi connectivity index (χ2n) is 6.51. The van der Waals surface area contributed by atoms with Crippen LogP contribution in [0.5, 0.6) is 0 Å². The topological polar surface area (TPSA) is 84.4 Å². The van der Waals surface area contributed by atoms with E-state index in [1.165, 1.54) is 41.2 Å². The Kier molecular flexibility index (Phi) is 3.12. The van der Waals surface area contributed by atoms with Gasteiger partial charge in [-0.15, -0.1) is 0 Å². The summed E-state index contributed by atoms with van der Waals surface area (Å²) in [7, 11) is 0. The fourth-order valence-corrected chi connectivity index (χ4v) is 3.55. The van der Waals surface area contributed by atoms with E-state index in [1.807, 2.05) is 6.07 Å². The molecule has 1 atom stereocenters. The van der Waals surface area contributed by atoms with Crippen LogP contribution >= 0.6 is 0 Å². The molecule has 1 saturated carbocycles. The predicted molar refractivity (Wildman–Crippen MR) is 84.5 cm³/mol. The molecule has 0 bridgehead atoms. The van der Waals surface area contributed by atoms with Gasteiger partial charge in [-0.25, -0.2) is 0 Å². The quantitative estimate of drug-likeness (QED) is 0.671. The predicted octanol–water partition coefficient (Wildman–Crippen LogP) is 1.70. The third kappa shape index (κ3) is 2.46. The molecule has 1 aliphatic carbocycles. The van der Waals surface area contributed by atoms with Crippen molar-refractivity contribution in [2.75, 3.05) is 18.0 Å². The minimum atomic E-state index is -0.628. The summed E-state index contributed by atoms with van der Waals surface area (Å²) in [4.78, 5) is 12.4. The van der Waals surface area contributed by atoms with Crippen LogP contribution in [0.1, 0.15) is 18.4 Å². The number of nitrogens with zero attached hydrogens (tertiary/aromatic N) is 4. The molecule has 1 aliphatic heterocycles. The Bertz CT molecular complexity index is 753. The minimum absolute atomic E-state index is 0.0550. The summed E-state index contributed by atoms with van der Waals surface area (Å²) in [5.74, 6) is 0. The molecule has 1 aromatic carbocycles. The van der Waals surface area contributed by atoms with Crippen LogP contribution in [0.2, 0.25) is 0 Å². The lowest BCUT2D eigenvalue weighted by Crippen LogP contribution is -2.35. The summed E-state index contributed by atoms with van der Waals surface area (Å²) >= 11 is 0. The van der Waals surface area contributed by atoms with Crippen LogP contribution < -0.4 is 4.90 Å². The summed E-state index contributed by atoms with van der Waals surface area (Å²) in [5.41, 5.74) is 2.83. The van der Waals surface area contributed by atoms with Gasteiger partial charge in [-0.3, -0.25) is 14.8 Å². The molecular weight excluding hydrogens is 296 g/mol. The maximum atomic E-state index is 10.7. The number of anilines is 1. The summed E-state index contributed by atoms with van der Waals surface area (Å²) in [5, 5.41) is 25.0. The van der Waals surface area contributed by atoms with Crippen LogP contribution in [-0.4, -0.2) is 39.0 Å². The number of rotatable bonds is 5. The van der Waals surface area contributed by atoms with Crippen molar-refractivity contribution in [3.8, 4) is 0 Å². The molecule has 2 heterocycles. The van der Waals surface area contributed by atoms with Gasteiger partial charge in [-0.05, 0) is 24.5 Å². The molecular formula is C16H18N4O3. The van der Waals surface area contributed by atoms with Crippen molar-refractivity contribution in [3.63, 3.8) is 0 Å². The van der Waals surface area contributed by atoms with Gasteiger partial charge in [0.1, 0.15) is 12.4 Å². The Hall–Kier alpha value is -2.41. The van der Waals surface area contributed by atoms with Gasteiger partial charge >= 0.3 is 5.69 Å². The lowest BCUT2D eigenvalue weighted by Gasteiger charge is -2.23. The van der Waals surface area contributed by atoms with Crippen LogP contribution in [0.15, 0.2) is 36.7 Å². The second kappa shape index (κ2) is 5.06. The molecule has 0 amide bonds. The zero-order valence-corrected chi connectivity index (χ0v) is 12.6. The van der Waals surface area contributed by atoms with Gasteiger partial charge in [0.2, 0.25) is 0 Å². The number of aliphatic hydroxyl groups is 1. The van der Waals surface area contributed by atoms with Crippen LogP contribution in [0.3, 0.4) is 0 Å².